The third-order valence-corrected chi connectivity index (χ3v) is 3.67. The Morgan fingerprint density at radius 1 is 1.38 bits per heavy atom. The smallest absolute Gasteiger partial charge is 0.268 e. The highest BCUT2D eigenvalue weighted by molar-refractivity contribution is 6.01. The molecule has 5 heteroatoms. The lowest BCUT2D eigenvalue weighted by Crippen LogP contribution is -2.50. The molecule has 1 aromatic carbocycles. The number of rotatable bonds is 3. The second-order valence-corrected chi connectivity index (χ2v) is 5.12. The van der Waals surface area contributed by atoms with Crippen molar-refractivity contribution in [2.75, 3.05) is 5.32 Å². The minimum Gasteiger partial charge on any atom is -0.341 e. The van der Waals surface area contributed by atoms with E-state index in [1.807, 2.05) is 30.5 Å². The number of benzene rings is 1. The second-order valence-electron chi connectivity index (χ2n) is 5.12. The van der Waals surface area contributed by atoms with Gasteiger partial charge in [0.05, 0.1) is 6.54 Å². The van der Waals surface area contributed by atoms with E-state index in [1.54, 1.807) is 16.7 Å². The topological polar surface area (TPSA) is 63.1 Å². The number of hydrogen-bond donors (Lipinski definition) is 2. The van der Waals surface area contributed by atoms with Crippen molar-refractivity contribution in [2.45, 2.75) is 25.9 Å². The first-order valence-electron chi connectivity index (χ1n) is 7.03. The molecule has 0 radical (unpaired) electrons. The average molecular weight is 283 g/mol. The summed E-state index contributed by atoms with van der Waals surface area (Å²) in [6, 6.07) is 10.7. The standard InChI is InChI=1S/C16H17N3O2/c1-2-11-5-3-6-12(9-11)17-15(20)13-10-19-8-4-7-14(19)16(21)18-13/h3-9,13H,2,10H2,1H3,(H,17,20)(H,18,21)/t13-/m0/s1. The van der Waals surface area contributed by atoms with Crippen molar-refractivity contribution in [3.63, 3.8) is 0 Å². The first-order chi connectivity index (χ1) is 10.2. The molecule has 2 amide bonds. The summed E-state index contributed by atoms with van der Waals surface area (Å²) in [4.78, 5) is 24.2. The first kappa shape index (κ1) is 13.4. The molecule has 0 saturated heterocycles. The van der Waals surface area contributed by atoms with Crippen molar-refractivity contribution < 1.29 is 9.59 Å². The SMILES string of the molecule is CCc1cccc(NC(=O)[C@@H]2Cn3cccc3C(=O)N2)c1. The molecule has 0 bridgehead atoms. The highest BCUT2D eigenvalue weighted by Gasteiger charge is 2.28. The third-order valence-electron chi connectivity index (χ3n) is 3.67. The summed E-state index contributed by atoms with van der Waals surface area (Å²) in [6.45, 7) is 2.52. The maximum atomic E-state index is 12.3. The van der Waals surface area contributed by atoms with Crippen molar-refractivity contribution in [3.05, 3.63) is 53.9 Å². The van der Waals surface area contributed by atoms with Crippen LogP contribution in [-0.4, -0.2) is 22.4 Å². The van der Waals surface area contributed by atoms with Gasteiger partial charge in [0.2, 0.25) is 5.91 Å². The van der Waals surface area contributed by atoms with E-state index < -0.39 is 6.04 Å². The third kappa shape index (κ3) is 2.67. The molecule has 0 fully saturated rings. The molecular formula is C16H17N3O2. The Kier molecular flexibility index (Phi) is 3.48. The van der Waals surface area contributed by atoms with Gasteiger partial charge < -0.3 is 15.2 Å². The number of aromatic nitrogens is 1. The molecular weight excluding hydrogens is 266 g/mol. The fraction of sp³-hybridized carbons (Fsp3) is 0.250. The zero-order chi connectivity index (χ0) is 14.8. The molecule has 2 heterocycles. The van der Waals surface area contributed by atoms with Gasteiger partial charge in [0, 0.05) is 11.9 Å². The number of fused-ring (bicyclic) bond motifs is 1. The Balaban J connectivity index is 1.73. The Hall–Kier alpha value is -2.56. The van der Waals surface area contributed by atoms with E-state index >= 15 is 0 Å². The van der Waals surface area contributed by atoms with Crippen molar-refractivity contribution in [3.8, 4) is 0 Å². The van der Waals surface area contributed by atoms with Gasteiger partial charge in [0.15, 0.2) is 0 Å². The quantitative estimate of drug-likeness (QED) is 0.902. The van der Waals surface area contributed by atoms with Crippen LogP contribution in [0.4, 0.5) is 5.69 Å². The predicted octanol–water partition coefficient (Wildman–Crippen LogP) is 1.80. The van der Waals surface area contributed by atoms with E-state index in [4.69, 9.17) is 0 Å². The van der Waals surface area contributed by atoms with Gasteiger partial charge in [-0.1, -0.05) is 19.1 Å². The lowest BCUT2D eigenvalue weighted by molar-refractivity contribution is -0.118. The van der Waals surface area contributed by atoms with Crippen molar-refractivity contribution in [2.24, 2.45) is 0 Å². The number of carbonyl (C=O) groups is 2. The van der Waals surface area contributed by atoms with E-state index in [9.17, 15) is 9.59 Å². The van der Waals surface area contributed by atoms with Gasteiger partial charge in [-0.2, -0.15) is 0 Å². The van der Waals surface area contributed by atoms with Crippen LogP contribution in [0.2, 0.25) is 0 Å². The largest absolute Gasteiger partial charge is 0.341 e. The molecule has 2 aromatic rings. The van der Waals surface area contributed by atoms with E-state index in [-0.39, 0.29) is 11.8 Å². The summed E-state index contributed by atoms with van der Waals surface area (Å²) in [6.07, 6.45) is 2.72. The fourth-order valence-corrected chi connectivity index (χ4v) is 2.50. The monoisotopic (exact) mass is 283 g/mol. The molecule has 3 rings (SSSR count). The van der Waals surface area contributed by atoms with Crippen LogP contribution < -0.4 is 10.6 Å². The van der Waals surface area contributed by atoms with Gasteiger partial charge >= 0.3 is 0 Å². The average Bonchev–Trinajstić information content (AvgIpc) is 2.96. The number of carbonyl (C=O) groups excluding carboxylic acids is 2. The zero-order valence-corrected chi connectivity index (χ0v) is 11.8. The molecule has 1 aliphatic heterocycles. The Bertz CT molecular complexity index is 690. The summed E-state index contributed by atoms with van der Waals surface area (Å²) in [5.74, 6) is -0.412. The maximum Gasteiger partial charge on any atom is 0.268 e. The zero-order valence-electron chi connectivity index (χ0n) is 11.8. The fourth-order valence-electron chi connectivity index (χ4n) is 2.50. The van der Waals surface area contributed by atoms with Crippen LogP contribution in [0.15, 0.2) is 42.6 Å². The van der Waals surface area contributed by atoms with E-state index in [0.717, 1.165) is 17.7 Å². The molecule has 108 valence electrons. The molecule has 1 aromatic heterocycles. The highest BCUT2D eigenvalue weighted by atomic mass is 16.2. The maximum absolute atomic E-state index is 12.3. The summed E-state index contributed by atoms with van der Waals surface area (Å²) < 4.78 is 1.80. The molecule has 5 nitrogen and oxygen atoms in total. The van der Waals surface area contributed by atoms with Gasteiger partial charge in [-0.15, -0.1) is 0 Å². The lowest BCUT2D eigenvalue weighted by Gasteiger charge is -2.25. The molecule has 0 spiro atoms. The molecule has 0 unspecified atom stereocenters. The Morgan fingerprint density at radius 3 is 3.05 bits per heavy atom. The van der Waals surface area contributed by atoms with Gasteiger partial charge in [-0.3, -0.25) is 9.59 Å². The van der Waals surface area contributed by atoms with Crippen LogP contribution in [-0.2, 0) is 17.8 Å². The molecule has 1 aliphatic rings. The van der Waals surface area contributed by atoms with Gasteiger partial charge in [0.1, 0.15) is 11.7 Å². The first-order valence-corrected chi connectivity index (χ1v) is 7.03. The van der Waals surface area contributed by atoms with Crippen molar-refractivity contribution in [1.82, 2.24) is 9.88 Å². The number of hydrogen-bond acceptors (Lipinski definition) is 2. The molecule has 0 aliphatic carbocycles. The second kappa shape index (κ2) is 5.44. The molecule has 1 atom stereocenters. The Morgan fingerprint density at radius 2 is 2.24 bits per heavy atom. The predicted molar refractivity (Wildman–Crippen MR) is 80.1 cm³/mol. The highest BCUT2D eigenvalue weighted by Crippen LogP contribution is 2.14. The molecule has 21 heavy (non-hydrogen) atoms. The molecule has 2 N–H and O–H groups in total. The van der Waals surface area contributed by atoms with Gasteiger partial charge in [-0.25, -0.2) is 0 Å². The normalized spacial score (nSPS) is 17.0. The van der Waals surface area contributed by atoms with E-state index in [1.165, 1.54) is 0 Å². The van der Waals surface area contributed by atoms with Crippen molar-refractivity contribution in [1.29, 1.82) is 0 Å². The number of nitrogens with one attached hydrogen (secondary N) is 2. The van der Waals surface area contributed by atoms with E-state index in [2.05, 4.69) is 17.6 Å². The van der Waals surface area contributed by atoms with Crippen LogP contribution in [0.5, 0.6) is 0 Å². The van der Waals surface area contributed by atoms with Crippen LogP contribution in [0.3, 0.4) is 0 Å². The summed E-state index contributed by atoms with van der Waals surface area (Å²) in [5.41, 5.74) is 2.51. The molecule has 0 saturated carbocycles. The number of amides is 2. The van der Waals surface area contributed by atoms with Crippen LogP contribution >= 0.6 is 0 Å². The summed E-state index contributed by atoms with van der Waals surface area (Å²) in [5, 5.41) is 5.60. The minimum absolute atomic E-state index is 0.198. The van der Waals surface area contributed by atoms with E-state index in [0.29, 0.717) is 12.2 Å². The van der Waals surface area contributed by atoms with Crippen LogP contribution in [0.1, 0.15) is 23.0 Å². The van der Waals surface area contributed by atoms with Crippen LogP contribution in [0.25, 0.3) is 0 Å². The summed E-state index contributed by atoms with van der Waals surface area (Å²) >= 11 is 0. The summed E-state index contributed by atoms with van der Waals surface area (Å²) in [7, 11) is 0. The number of nitrogens with zero attached hydrogens (tertiary/aromatic N) is 1. The van der Waals surface area contributed by atoms with Crippen LogP contribution in [0, 0.1) is 0 Å². The van der Waals surface area contributed by atoms with Gasteiger partial charge in [-0.05, 0) is 36.2 Å². The van der Waals surface area contributed by atoms with Crippen molar-refractivity contribution >= 4 is 17.5 Å². The Labute approximate surface area is 123 Å². The minimum atomic E-state index is -0.553. The number of anilines is 1. The van der Waals surface area contributed by atoms with Gasteiger partial charge in [0.25, 0.3) is 5.91 Å². The lowest BCUT2D eigenvalue weighted by atomic mass is 10.1. The number of aryl methyl sites for hydroxylation is 1.